The van der Waals surface area contributed by atoms with Crippen LogP contribution in [0.3, 0.4) is 0 Å². The molecule has 50 heavy (non-hydrogen) atoms. The highest BCUT2D eigenvalue weighted by atomic mass is 32.2. The molecule has 2 saturated carbocycles. The van der Waals surface area contributed by atoms with Crippen LogP contribution >= 0.6 is 0 Å². The molecule has 1 heterocycles. The molecule has 0 aromatic rings. The molecule has 12 nitrogen and oxygen atoms in total. The smallest absolute Gasteiger partial charge is 0.315 e. The highest BCUT2D eigenvalue weighted by Gasteiger charge is 2.69. The van der Waals surface area contributed by atoms with Crippen molar-refractivity contribution in [2.24, 2.45) is 22.7 Å². The Morgan fingerprint density at radius 3 is 2.22 bits per heavy atom. The van der Waals surface area contributed by atoms with Crippen LogP contribution in [0.15, 0.2) is 12.7 Å². The summed E-state index contributed by atoms with van der Waals surface area (Å²) in [6, 6.07) is -3.44. The minimum Gasteiger partial charge on any atom is -0.376 e. The molecule has 0 aromatic heterocycles. The monoisotopic (exact) mass is 719 g/mol. The van der Waals surface area contributed by atoms with Crippen molar-refractivity contribution in [3.8, 4) is 12.3 Å². The number of hydrogen-bond donors (Lipinski definition) is 5. The van der Waals surface area contributed by atoms with Crippen molar-refractivity contribution in [3.63, 3.8) is 0 Å². The Kier molecular flexibility index (Phi) is 13.1. The number of terminal acetylenes is 1. The van der Waals surface area contributed by atoms with Gasteiger partial charge >= 0.3 is 6.03 Å². The number of amides is 4. The molecule has 4 amide bonds. The number of likely N-dealkylation sites (tertiary alicyclic amines) is 1. The number of Topliss-reactive ketones (excluding diaryl/α,β-unsaturated/α-hetero) is 1. The highest BCUT2D eigenvalue weighted by molar-refractivity contribution is 7.92. The minimum atomic E-state index is -3.56. The van der Waals surface area contributed by atoms with Crippen LogP contribution < -0.4 is 21.3 Å². The average Bonchev–Trinajstić information content (AvgIpc) is 3.31. The number of nitrogens with one attached hydrogen (secondary N) is 4. The summed E-state index contributed by atoms with van der Waals surface area (Å²) >= 11 is 0. The highest BCUT2D eigenvalue weighted by Crippen LogP contribution is 2.65. The number of carbonyl (C=O) groups is 4. The molecule has 1 aliphatic heterocycles. The van der Waals surface area contributed by atoms with Gasteiger partial charge in [0.05, 0.1) is 34.2 Å². The molecule has 0 spiro atoms. The van der Waals surface area contributed by atoms with E-state index >= 15 is 0 Å². The van der Waals surface area contributed by atoms with Crippen LogP contribution in [0.5, 0.6) is 0 Å². The van der Waals surface area contributed by atoms with E-state index in [1.165, 1.54) is 0 Å². The third-order valence-corrected chi connectivity index (χ3v) is 13.8. The van der Waals surface area contributed by atoms with Gasteiger partial charge in [-0.05, 0) is 69.1 Å². The number of nitrogens with zero attached hydrogens (tertiary/aromatic N) is 1. The van der Waals surface area contributed by atoms with E-state index in [4.69, 9.17) is 6.42 Å². The molecule has 0 radical (unpaired) electrons. The van der Waals surface area contributed by atoms with E-state index in [1.807, 2.05) is 20.8 Å². The van der Waals surface area contributed by atoms with Gasteiger partial charge in [0.2, 0.25) is 11.7 Å². The van der Waals surface area contributed by atoms with Gasteiger partial charge < -0.3 is 26.4 Å². The van der Waals surface area contributed by atoms with Gasteiger partial charge in [-0.2, -0.15) is 0 Å². The standard InChI is InChI=1S/C37H61N5O7S/c1-11-13-18-25(28(43)31(45)38-21-14-12-2)39-30(44)27-26-24(36(26,9)10)22-42(27)32(46)29(34(3,4)5)40-33(47)41-37(19-16-15-17-20-37)23-50(48,49)35(6,7)8/h1,12,24-27,29,32,46H,2,13-23H2,3-10H3,(H,38,45)(H,39,44)(H2,40,41,47)/t24?,25?,26?,27-,29+,32?/m0/s1. The van der Waals surface area contributed by atoms with Gasteiger partial charge in [-0.1, -0.05) is 60.0 Å². The number of rotatable bonds is 15. The van der Waals surface area contributed by atoms with E-state index in [9.17, 15) is 32.7 Å². The van der Waals surface area contributed by atoms with Gasteiger partial charge in [-0.15, -0.1) is 18.9 Å². The fourth-order valence-electron chi connectivity index (χ4n) is 7.64. The summed E-state index contributed by atoms with van der Waals surface area (Å²) < 4.78 is 25.6. The SMILES string of the molecule is C#CCCC(NC(=O)[C@@H]1C2C(CN1C(O)[C@@H](NC(=O)NC1(CS(=O)(=O)C(C)(C)C)CCCCC1)C(C)(C)C)C2(C)C)C(=O)C(=O)NCCC=C. The molecule has 5 N–H and O–H groups in total. The maximum absolute atomic E-state index is 14.1. The number of urea groups is 1. The maximum atomic E-state index is 14.1. The Balaban J connectivity index is 1.85. The first-order valence-electron chi connectivity index (χ1n) is 17.9. The number of fused-ring (bicyclic) bond motifs is 1. The molecule has 0 bridgehead atoms. The molecule has 3 rings (SSSR count). The molecule has 282 valence electrons. The zero-order chi connectivity index (χ0) is 37.9. The number of aliphatic hydroxyl groups is 1. The topological polar surface area (TPSA) is 174 Å². The van der Waals surface area contributed by atoms with Gasteiger partial charge in [0.15, 0.2) is 9.84 Å². The van der Waals surface area contributed by atoms with Gasteiger partial charge in [-0.3, -0.25) is 19.3 Å². The molecule has 4 unspecified atom stereocenters. The first-order chi connectivity index (χ1) is 23.0. The molecular weight excluding hydrogens is 659 g/mol. The van der Waals surface area contributed by atoms with Crippen molar-refractivity contribution in [3.05, 3.63) is 12.7 Å². The van der Waals surface area contributed by atoms with Crippen LogP contribution in [0.25, 0.3) is 0 Å². The minimum absolute atomic E-state index is 0.0712. The van der Waals surface area contributed by atoms with E-state index in [1.54, 1.807) is 31.7 Å². The number of carbonyl (C=O) groups excluding carboxylic acids is 4. The molecule has 3 aliphatic rings. The lowest BCUT2D eigenvalue weighted by molar-refractivity contribution is -0.142. The zero-order valence-electron chi connectivity index (χ0n) is 31.4. The van der Waals surface area contributed by atoms with Crippen molar-refractivity contribution in [2.75, 3.05) is 18.8 Å². The summed E-state index contributed by atoms with van der Waals surface area (Å²) in [6.07, 6.45) is 10.1. The lowest BCUT2D eigenvalue weighted by Crippen LogP contribution is -2.65. The average molecular weight is 720 g/mol. The summed E-state index contributed by atoms with van der Waals surface area (Å²) in [4.78, 5) is 55.3. The van der Waals surface area contributed by atoms with Crippen LogP contribution in [0.4, 0.5) is 4.79 Å². The van der Waals surface area contributed by atoms with Gasteiger partial charge in [0.1, 0.15) is 6.23 Å². The quantitative estimate of drug-likeness (QED) is 0.0744. The van der Waals surface area contributed by atoms with Crippen molar-refractivity contribution in [1.29, 1.82) is 0 Å². The fourth-order valence-corrected chi connectivity index (χ4v) is 9.17. The first-order valence-corrected chi connectivity index (χ1v) is 19.6. The molecule has 2 aliphatic carbocycles. The van der Waals surface area contributed by atoms with E-state index in [0.717, 1.165) is 19.3 Å². The number of aliphatic hydroxyl groups excluding tert-OH is 1. The Bertz CT molecular complexity index is 1430. The fraction of sp³-hybridized carbons (Fsp3) is 0.784. The third kappa shape index (κ3) is 9.48. The van der Waals surface area contributed by atoms with Gasteiger partial charge in [0, 0.05) is 19.5 Å². The number of ketones is 1. The maximum Gasteiger partial charge on any atom is 0.315 e. The summed E-state index contributed by atoms with van der Waals surface area (Å²) in [6.45, 7) is 18.9. The lowest BCUT2D eigenvalue weighted by atomic mass is 9.83. The Labute approximate surface area is 299 Å². The Morgan fingerprint density at radius 1 is 1.06 bits per heavy atom. The van der Waals surface area contributed by atoms with Crippen LogP contribution in [0.1, 0.15) is 107 Å². The van der Waals surface area contributed by atoms with E-state index in [0.29, 0.717) is 25.8 Å². The lowest BCUT2D eigenvalue weighted by Gasteiger charge is -2.44. The second kappa shape index (κ2) is 15.7. The molecule has 0 aromatic carbocycles. The molecule has 3 fully saturated rings. The molecule has 1 saturated heterocycles. The second-order valence-corrected chi connectivity index (χ2v) is 19.9. The van der Waals surface area contributed by atoms with Crippen LogP contribution in [-0.2, 0) is 24.2 Å². The molecule has 6 atom stereocenters. The van der Waals surface area contributed by atoms with Gasteiger partial charge in [-0.25, -0.2) is 13.2 Å². The largest absolute Gasteiger partial charge is 0.376 e. The number of hydrogen-bond acceptors (Lipinski definition) is 8. The van der Waals surface area contributed by atoms with Crippen LogP contribution in [-0.4, -0.2) is 95.5 Å². The first kappa shape index (κ1) is 41.5. The summed E-state index contributed by atoms with van der Waals surface area (Å²) in [5.74, 6) is 0.109. The predicted molar refractivity (Wildman–Crippen MR) is 194 cm³/mol. The number of sulfone groups is 1. The van der Waals surface area contributed by atoms with Crippen LogP contribution in [0.2, 0.25) is 0 Å². The zero-order valence-corrected chi connectivity index (χ0v) is 32.2. The van der Waals surface area contributed by atoms with E-state index in [2.05, 4.69) is 47.6 Å². The summed E-state index contributed by atoms with van der Waals surface area (Å²) in [5, 5.41) is 23.3. The Morgan fingerprint density at radius 2 is 1.68 bits per heavy atom. The molecular formula is C37H61N5O7S. The molecule has 13 heteroatoms. The van der Waals surface area contributed by atoms with Crippen LogP contribution in [0, 0.1) is 35.0 Å². The van der Waals surface area contributed by atoms with Crippen molar-refractivity contribution in [2.45, 2.75) is 141 Å². The number of piperidine rings is 1. The summed E-state index contributed by atoms with van der Waals surface area (Å²) in [7, 11) is -3.56. The van der Waals surface area contributed by atoms with Gasteiger partial charge in [0.25, 0.3) is 5.91 Å². The van der Waals surface area contributed by atoms with Crippen molar-refractivity contribution >= 4 is 33.5 Å². The second-order valence-electron chi connectivity index (χ2n) is 17.2. The van der Waals surface area contributed by atoms with E-state index in [-0.39, 0.29) is 42.4 Å². The third-order valence-electron chi connectivity index (χ3n) is 11.0. The van der Waals surface area contributed by atoms with Crippen molar-refractivity contribution in [1.82, 2.24) is 26.2 Å². The van der Waals surface area contributed by atoms with E-state index < -0.39 is 73.5 Å². The normalized spacial score (nSPS) is 24.8. The summed E-state index contributed by atoms with van der Waals surface area (Å²) in [5.41, 5.74) is -1.83. The van der Waals surface area contributed by atoms with Crippen molar-refractivity contribution < 1.29 is 32.7 Å². The Hall–Kier alpha value is -2.95. The predicted octanol–water partition coefficient (Wildman–Crippen LogP) is 3.05.